The Kier molecular flexibility index (Phi) is 4.24. The molecule has 0 spiro atoms. The van der Waals surface area contributed by atoms with Gasteiger partial charge in [0.25, 0.3) is 0 Å². The molecule has 1 heterocycles. The summed E-state index contributed by atoms with van der Waals surface area (Å²) in [5.74, 6) is -0.223. The normalized spacial score (nSPS) is 13.8. The summed E-state index contributed by atoms with van der Waals surface area (Å²) in [6.45, 7) is 0. The minimum Gasteiger partial charge on any atom is -0.392 e. The SMILES string of the molecule is CS(=O)(=O)CC(O)Cc1cncc(Br)c1. The smallest absolute Gasteiger partial charge is 0.150 e. The van der Waals surface area contributed by atoms with E-state index in [0.717, 1.165) is 16.3 Å². The van der Waals surface area contributed by atoms with E-state index in [4.69, 9.17) is 0 Å². The van der Waals surface area contributed by atoms with Gasteiger partial charge in [0.2, 0.25) is 0 Å². The molecule has 0 aromatic carbocycles. The van der Waals surface area contributed by atoms with Gasteiger partial charge in [0, 0.05) is 29.5 Å². The molecule has 0 radical (unpaired) electrons. The van der Waals surface area contributed by atoms with Crippen molar-refractivity contribution >= 4 is 25.8 Å². The van der Waals surface area contributed by atoms with E-state index in [1.807, 2.05) is 0 Å². The zero-order valence-corrected chi connectivity index (χ0v) is 10.6. The maximum absolute atomic E-state index is 10.9. The Balaban J connectivity index is 2.63. The first-order valence-electron chi connectivity index (χ1n) is 4.32. The first-order valence-corrected chi connectivity index (χ1v) is 7.17. The van der Waals surface area contributed by atoms with Gasteiger partial charge in [0.1, 0.15) is 9.84 Å². The molecule has 4 nitrogen and oxygen atoms in total. The Morgan fingerprint density at radius 3 is 2.73 bits per heavy atom. The number of pyridine rings is 1. The third-order valence-electron chi connectivity index (χ3n) is 1.73. The number of nitrogens with zero attached hydrogens (tertiary/aromatic N) is 1. The molecule has 0 aliphatic rings. The molecular formula is C9H12BrNO3S. The van der Waals surface area contributed by atoms with Crippen molar-refractivity contribution in [1.29, 1.82) is 0 Å². The van der Waals surface area contributed by atoms with Gasteiger partial charge in [-0.05, 0) is 27.6 Å². The summed E-state index contributed by atoms with van der Waals surface area (Å²) in [5, 5.41) is 9.51. The molecule has 0 amide bonds. The van der Waals surface area contributed by atoms with Crippen LogP contribution in [0.25, 0.3) is 0 Å². The van der Waals surface area contributed by atoms with E-state index in [-0.39, 0.29) is 5.75 Å². The topological polar surface area (TPSA) is 67.3 Å². The third-order valence-corrected chi connectivity index (χ3v) is 3.15. The van der Waals surface area contributed by atoms with E-state index in [9.17, 15) is 13.5 Å². The number of hydrogen-bond acceptors (Lipinski definition) is 4. The average Bonchev–Trinajstić information content (AvgIpc) is 1.99. The molecule has 1 N–H and O–H groups in total. The minimum absolute atomic E-state index is 0.223. The third kappa shape index (κ3) is 5.25. The Hall–Kier alpha value is -0.460. The van der Waals surface area contributed by atoms with E-state index in [1.165, 1.54) is 0 Å². The zero-order chi connectivity index (χ0) is 11.5. The van der Waals surface area contributed by atoms with Gasteiger partial charge < -0.3 is 5.11 Å². The highest BCUT2D eigenvalue weighted by Gasteiger charge is 2.13. The summed E-state index contributed by atoms with van der Waals surface area (Å²) >= 11 is 3.25. The van der Waals surface area contributed by atoms with Crippen LogP contribution in [0.2, 0.25) is 0 Å². The van der Waals surface area contributed by atoms with Gasteiger partial charge in [-0.2, -0.15) is 0 Å². The Bertz CT molecular complexity index is 433. The van der Waals surface area contributed by atoms with Crippen LogP contribution in [-0.4, -0.2) is 36.6 Å². The van der Waals surface area contributed by atoms with Gasteiger partial charge in [-0.25, -0.2) is 8.42 Å². The number of sulfone groups is 1. The number of rotatable bonds is 4. The summed E-state index contributed by atoms with van der Waals surface area (Å²) in [5.41, 5.74) is 0.806. The second-order valence-corrected chi connectivity index (χ2v) is 6.56. The first-order chi connectivity index (χ1) is 6.87. The molecule has 0 aliphatic heterocycles. The van der Waals surface area contributed by atoms with Crippen LogP contribution in [0.1, 0.15) is 5.56 Å². The number of aromatic nitrogens is 1. The lowest BCUT2D eigenvalue weighted by molar-refractivity contribution is 0.198. The fraction of sp³-hybridized carbons (Fsp3) is 0.444. The highest BCUT2D eigenvalue weighted by molar-refractivity contribution is 9.10. The van der Waals surface area contributed by atoms with Crippen LogP contribution in [0, 0.1) is 0 Å². The maximum Gasteiger partial charge on any atom is 0.150 e. The molecule has 84 valence electrons. The minimum atomic E-state index is -3.14. The van der Waals surface area contributed by atoms with Crippen LogP contribution in [0.4, 0.5) is 0 Å². The van der Waals surface area contributed by atoms with Crippen molar-refractivity contribution in [3.05, 3.63) is 28.5 Å². The molecule has 1 atom stereocenters. The predicted octanol–water partition coefficient (Wildman–Crippen LogP) is 0.792. The Morgan fingerprint density at radius 1 is 1.53 bits per heavy atom. The maximum atomic E-state index is 10.9. The molecule has 1 unspecified atom stereocenters. The van der Waals surface area contributed by atoms with E-state index in [1.54, 1.807) is 18.5 Å². The lowest BCUT2D eigenvalue weighted by Gasteiger charge is -2.08. The van der Waals surface area contributed by atoms with Crippen molar-refractivity contribution in [3.8, 4) is 0 Å². The van der Waals surface area contributed by atoms with Gasteiger partial charge in [-0.3, -0.25) is 4.98 Å². The average molecular weight is 294 g/mol. The summed E-state index contributed by atoms with van der Waals surface area (Å²) in [6.07, 6.45) is 3.76. The summed E-state index contributed by atoms with van der Waals surface area (Å²) in [7, 11) is -3.14. The first kappa shape index (κ1) is 12.6. The highest BCUT2D eigenvalue weighted by Crippen LogP contribution is 2.11. The molecule has 1 rings (SSSR count). The molecule has 15 heavy (non-hydrogen) atoms. The number of aliphatic hydroxyl groups excluding tert-OH is 1. The summed E-state index contributed by atoms with van der Waals surface area (Å²) < 4.78 is 22.6. The van der Waals surface area contributed by atoms with Crippen LogP contribution in [-0.2, 0) is 16.3 Å². The monoisotopic (exact) mass is 293 g/mol. The molecule has 1 aromatic heterocycles. The quantitative estimate of drug-likeness (QED) is 0.891. The Labute approximate surface area is 97.4 Å². The van der Waals surface area contributed by atoms with Crippen LogP contribution in [0.5, 0.6) is 0 Å². The van der Waals surface area contributed by atoms with E-state index < -0.39 is 15.9 Å². The van der Waals surface area contributed by atoms with Gasteiger partial charge in [0.15, 0.2) is 0 Å². The van der Waals surface area contributed by atoms with Crippen molar-refractivity contribution < 1.29 is 13.5 Å². The highest BCUT2D eigenvalue weighted by atomic mass is 79.9. The van der Waals surface area contributed by atoms with Crippen molar-refractivity contribution in [2.75, 3.05) is 12.0 Å². The zero-order valence-electron chi connectivity index (χ0n) is 8.22. The van der Waals surface area contributed by atoms with E-state index in [0.29, 0.717) is 6.42 Å². The molecule has 0 aliphatic carbocycles. The molecule has 6 heteroatoms. The van der Waals surface area contributed by atoms with Crippen LogP contribution < -0.4 is 0 Å². The van der Waals surface area contributed by atoms with Crippen LogP contribution in [0.15, 0.2) is 22.9 Å². The number of aliphatic hydroxyl groups is 1. The van der Waals surface area contributed by atoms with E-state index >= 15 is 0 Å². The standard InChI is InChI=1S/C9H12BrNO3S/c1-15(13,14)6-9(12)3-7-2-8(10)5-11-4-7/h2,4-5,9,12H,3,6H2,1H3. The lowest BCUT2D eigenvalue weighted by Crippen LogP contribution is -2.22. The van der Waals surface area contributed by atoms with Crippen molar-refractivity contribution in [1.82, 2.24) is 4.98 Å². The van der Waals surface area contributed by atoms with Crippen molar-refractivity contribution in [2.45, 2.75) is 12.5 Å². The van der Waals surface area contributed by atoms with Gasteiger partial charge in [0.05, 0.1) is 11.9 Å². The molecule has 0 bridgehead atoms. The number of halogens is 1. The van der Waals surface area contributed by atoms with Crippen LogP contribution >= 0.6 is 15.9 Å². The second-order valence-electron chi connectivity index (χ2n) is 3.46. The molecule has 0 fully saturated rings. The molecule has 0 saturated heterocycles. The van der Waals surface area contributed by atoms with E-state index in [2.05, 4.69) is 20.9 Å². The fourth-order valence-electron chi connectivity index (χ4n) is 1.25. The second kappa shape index (κ2) is 5.05. The molecule has 0 saturated carbocycles. The molecule has 1 aromatic rings. The van der Waals surface area contributed by atoms with Crippen molar-refractivity contribution in [2.24, 2.45) is 0 Å². The largest absolute Gasteiger partial charge is 0.392 e. The predicted molar refractivity (Wildman–Crippen MR) is 61.4 cm³/mol. The van der Waals surface area contributed by atoms with Gasteiger partial charge >= 0.3 is 0 Å². The van der Waals surface area contributed by atoms with Gasteiger partial charge in [-0.15, -0.1) is 0 Å². The van der Waals surface area contributed by atoms with Crippen molar-refractivity contribution in [3.63, 3.8) is 0 Å². The fourth-order valence-corrected chi connectivity index (χ4v) is 2.48. The summed E-state index contributed by atoms with van der Waals surface area (Å²) in [4.78, 5) is 3.93. The lowest BCUT2D eigenvalue weighted by atomic mass is 10.1. The van der Waals surface area contributed by atoms with Gasteiger partial charge in [-0.1, -0.05) is 0 Å². The Morgan fingerprint density at radius 2 is 2.20 bits per heavy atom. The number of hydrogen-bond donors (Lipinski definition) is 1. The summed E-state index contributed by atoms with van der Waals surface area (Å²) in [6, 6.07) is 1.80. The molecular weight excluding hydrogens is 282 g/mol. The van der Waals surface area contributed by atoms with Crippen LogP contribution in [0.3, 0.4) is 0 Å².